The number of ether oxygens (including phenoxy) is 1. The van der Waals surface area contributed by atoms with E-state index in [0.717, 1.165) is 30.8 Å². The molecule has 13 heteroatoms. The van der Waals surface area contributed by atoms with Gasteiger partial charge in [0.2, 0.25) is 10.0 Å². The summed E-state index contributed by atoms with van der Waals surface area (Å²) in [5, 5.41) is -0.999. The van der Waals surface area contributed by atoms with Crippen molar-refractivity contribution in [1.29, 1.82) is 0 Å². The van der Waals surface area contributed by atoms with Gasteiger partial charge in [0.15, 0.2) is 0 Å². The van der Waals surface area contributed by atoms with Gasteiger partial charge in [-0.1, -0.05) is 11.6 Å². The fourth-order valence-electron chi connectivity index (χ4n) is 3.37. The van der Waals surface area contributed by atoms with Crippen LogP contribution in [0.1, 0.15) is 42.7 Å². The molecule has 3 rings (SSSR count). The SMILES string of the molecule is CC(C)S(=O)(=O)NC(=O)c1cc(Cl)c(OC[C@H]2CCCN2c2ccc(C(F)(F)F)nc2)cc1F. The molecule has 1 saturated heterocycles. The first-order valence-corrected chi connectivity index (χ1v) is 12.2. The first-order valence-electron chi connectivity index (χ1n) is 10.3. The molecule has 0 bridgehead atoms. The highest BCUT2D eigenvalue weighted by molar-refractivity contribution is 7.90. The molecule has 1 aromatic carbocycles. The summed E-state index contributed by atoms with van der Waals surface area (Å²) in [6.45, 7) is 3.35. The summed E-state index contributed by atoms with van der Waals surface area (Å²) in [5.41, 5.74) is -1.05. The first-order chi connectivity index (χ1) is 15.8. The highest BCUT2D eigenvalue weighted by Crippen LogP contribution is 2.32. The number of rotatable bonds is 7. The van der Waals surface area contributed by atoms with Crippen molar-refractivity contribution in [1.82, 2.24) is 9.71 Å². The number of halogens is 5. The number of amides is 1. The van der Waals surface area contributed by atoms with Gasteiger partial charge in [-0.05, 0) is 44.9 Å². The van der Waals surface area contributed by atoms with Gasteiger partial charge in [-0.15, -0.1) is 0 Å². The van der Waals surface area contributed by atoms with Crippen LogP contribution < -0.4 is 14.4 Å². The van der Waals surface area contributed by atoms with Crippen molar-refractivity contribution in [2.75, 3.05) is 18.1 Å². The molecule has 1 aromatic heterocycles. The standard InChI is InChI=1S/C21H22ClF4N3O4S/c1-12(2)34(31,32)28-20(30)15-8-16(22)18(9-17(15)23)33-11-14-4-3-7-29(14)13-5-6-19(27-10-13)21(24,25)26/h5-6,8-10,12,14H,3-4,7,11H2,1-2H3,(H,28,30)/t14-/m1/s1. The van der Waals surface area contributed by atoms with Crippen LogP contribution in [0.2, 0.25) is 5.02 Å². The fraction of sp³-hybridized carbons (Fsp3) is 0.429. The quantitative estimate of drug-likeness (QED) is 0.541. The third-order valence-electron chi connectivity index (χ3n) is 5.30. The lowest BCUT2D eigenvalue weighted by Gasteiger charge is -2.27. The third-order valence-corrected chi connectivity index (χ3v) is 7.31. The molecule has 0 radical (unpaired) electrons. The second-order valence-electron chi connectivity index (χ2n) is 7.99. The van der Waals surface area contributed by atoms with Gasteiger partial charge < -0.3 is 9.64 Å². The number of pyridine rings is 1. The van der Waals surface area contributed by atoms with E-state index in [-0.39, 0.29) is 23.4 Å². The molecule has 2 heterocycles. The predicted molar refractivity (Wildman–Crippen MR) is 118 cm³/mol. The van der Waals surface area contributed by atoms with E-state index in [1.807, 2.05) is 4.90 Å². The molecule has 7 nitrogen and oxygen atoms in total. The Balaban J connectivity index is 1.70. The summed E-state index contributed by atoms with van der Waals surface area (Å²) in [4.78, 5) is 17.5. The maximum Gasteiger partial charge on any atom is 0.433 e. The molecule has 0 saturated carbocycles. The summed E-state index contributed by atoms with van der Waals surface area (Å²) < 4.78 is 83.9. The van der Waals surface area contributed by atoms with E-state index in [1.54, 1.807) is 4.72 Å². The van der Waals surface area contributed by atoms with Crippen molar-refractivity contribution < 1.29 is 35.5 Å². The lowest BCUT2D eigenvalue weighted by molar-refractivity contribution is -0.141. The maximum atomic E-state index is 14.5. The summed E-state index contributed by atoms with van der Waals surface area (Å²) in [6.07, 6.45) is -1.95. The Bertz CT molecular complexity index is 1160. The summed E-state index contributed by atoms with van der Waals surface area (Å²) in [5.74, 6) is -2.23. The lowest BCUT2D eigenvalue weighted by atomic mass is 10.2. The van der Waals surface area contributed by atoms with Crippen LogP contribution in [-0.2, 0) is 16.2 Å². The number of benzene rings is 1. The monoisotopic (exact) mass is 523 g/mol. The zero-order valence-corrected chi connectivity index (χ0v) is 19.8. The smallest absolute Gasteiger partial charge is 0.433 e. The maximum absolute atomic E-state index is 14.5. The summed E-state index contributed by atoms with van der Waals surface area (Å²) in [6, 6.07) is 3.87. The molecule has 34 heavy (non-hydrogen) atoms. The van der Waals surface area contributed by atoms with Gasteiger partial charge in [-0.3, -0.25) is 4.79 Å². The normalized spacial score (nSPS) is 16.7. The largest absolute Gasteiger partial charge is 0.490 e. The summed E-state index contributed by atoms with van der Waals surface area (Å²) >= 11 is 6.13. The number of nitrogens with zero attached hydrogens (tertiary/aromatic N) is 2. The van der Waals surface area contributed by atoms with Gasteiger partial charge in [0.05, 0.1) is 33.8 Å². The molecule has 1 amide bonds. The number of nitrogens with one attached hydrogen (secondary N) is 1. The van der Waals surface area contributed by atoms with Crippen molar-refractivity contribution >= 4 is 33.2 Å². The molecule has 1 aliphatic heterocycles. The van der Waals surface area contributed by atoms with Crippen molar-refractivity contribution in [3.05, 3.63) is 52.6 Å². The number of carbonyl (C=O) groups excluding carboxylic acids is 1. The minimum Gasteiger partial charge on any atom is -0.490 e. The van der Waals surface area contributed by atoms with Crippen LogP contribution in [0.15, 0.2) is 30.5 Å². The average Bonchev–Trinajstić information content (AvgIpc) is 3.21. The number of alkyl halides is 3. The molecular formula is C21H22ClF4N3O4S. The van der Waals surface area contributed by atoms with Gasteiger partial charge in [0.1, 0.15) is 23.9 Å². The molecule has 1 aliphatic rings. The molecule has 1 atom stereocenters. The molecule has 1 fully saturated rings. The molecule has 0 spiro atoms. The van der Waals surface area contributed by atoms with Crippen LogP contribution in [0.3, 0.4) is 0 Å². The highest BCUT2D eigenvalue weighted by Gasteiger charge is 2.33. The Kier molecular flexibility index (Phi) is 7.61. The third kappa shape index (κ3) is 5.90. The van der Waals surface area contributed by atoms with Gasteiger partial charge in [0, 0.05) is 12.6 Å². The van der Waals surface area contributed by atoms with E-state index < -0.39 is 44.4 Å². The lowest BCUT2D eigenvalue weighted by Crippen LogP contribution is -2.36. The second-order valence-corrected chi connectivity index (χ2v) is 10.6. The van der Waals surface area contributed by atoms with Crippen molar-refractivity contribution in [2.24, 2.45) is 0 Å². The highest BCUT2D eigenvalue weighted by atomic mass is 35.5. The summed E-state index contributed by atoms with van der Waals surface area (Å²) in [7, 11) is -3.96. The zero-order chi connectivity index (χ0) is 25.3. The van der Waals surface area contributed by atoms with Gasteiger partial charge in [-0.25, -0.2) is 22.5 Å². The van der Waals surface area contributed by atoms with Crippen LogP contribution >= 0.6 is 11.6 Å². The fourth-order valence-corrected chi connectivity index (χ4v) is 4.20. The number of hydrogen-bond acceptors (Lipinski definition) is 6. The van der Waals surface area contributed by atoms with Crippen molar-refractivity contribution in [2.45, 2.75) is 44.2 Å². The van der Waals surface area contributed by atoms with Gasteiger partial charge in [-0.2, -0.15) is 13.2 Å². The Labute approximate surface area is 199 Å². The second kappa shape index (κ2) is 9.95. The van der Waals surface area contributed by atoms with E-state index in [1.165, 1.54) is 19.9 Å². The minimum absolute atomic E-state index is 0.0491. The molecule has 1 N–H and O–H groups in total. The van der Waals surface area contributed by atoms with Gasteiger partial charge >= 0.3 is 6.18 Å². The Morgan fingerprint density at radius 3 is 2.62 bits per heavy atom. The van der Waals surface area contributed by atoms with E-state index in [0.29, 0.717) is 18.7 Å². The van der Waals surface area contributed by atoms with Crippen LogP contribution in [0, 0.1) is 5.82 Å². The molecule has 0 aliphatic carbocycles. The van der Waals surface area contributed by atoms with E-state index in [9.17, 15) is 30.8 Å². The van der Waals surface area contributed by atoms with E-state index in [2.05, 4.69) is 4.98 Å². The van der Waals surface area contributed by atoms with Crippen LogP contribution in [0.4, 0.5) is 23.2 Å². The number of anilines is 1. The average molecular weight is 524 g/mol. The molecule has 186 valence electrons. The topological polar surface area (TPSA) is 88.6 Å². The molecule has 0 unspecified atom stereocenters. The van der Waals surface area contributed by atoms with Crippen LogP contribution in [0.25, 0.3) is 0 Å². The number of aromatic nitrogens is 1. The Morgan fingerprint density at radius 1 is 1.32 bits per heavy atom. The molecular weight excluding hydrogens is 502 g/mol. The Hall–Kier alpha value is -2.60. The van der Waals surface area contributed by atoms with E-state index in [4.69, 9.17) is 16.3 Å². The van der Waals surface area contributed by atoms with Crippen molar-refractivity contribution in [3.63, 3.8) is 0 Å². The number of sulfonamides is 1. The predicted octanol–water partition coefficient (Wildman–Crippen LogP) is 4.41. The van der Waals surface area contributed by atoms with E-state index >= 15 is 0 Å². The van der Waals surface area contributed by atoms with Crippen LogP contribution in [0.5, 0.6) is 5.75 Å². The number of carbonyl (C=O) groups is 1. The minimum atomic E-state index is -4.53. The molecule has 2 aromatic rings. The first kappa shape index (κ1) is 26.0. The number of hydrogen-bond donors (Lipinski definition) is 1. The Morgan fingerprint density at radius 2 is 2.03 bits per heavy atom. The van der Waals surface area contributed by atoms with Crippen molar-refractivity contribution in [3.8, 4) is 5.75 Å². The van der Waals surface area contributed by atoms with Gasteiger partial charge in [0.25, 0.3) is 5.91 Å². The zero-order valence-electron chi connectivity index (χ0n) is 18.2. The van der Waals surface area contributed by atoms with Crippen LogP contribution in [-0.4, -0.2) is 43.8 Å².